The molecule has 0 saturated carbocycles. The number of aromatic nitrogens is 1. The zero-order valence-electron chi connectivity index (χ0n) is 8.98. The summed E-state index contributed by atoms with van der Waals surface area (Å²) in [6, 6.07) is 0.839. The molecule has 0 amide bonds. The number of hydrogen-bond acceptors (Lipinski definition) is 2. The van der Waals surface area contributed by atoms with Crippen molar-refractivity contribution in [3.05, 3.63) is 22.8 Å². The monoisotopic (exact) mass is 286 g/mol. The first-order valence-electron chi connectivity index (χ1n) is 4.95. The Morgan fingerprint density at radius 3 is 2.59 bits per heavy atom. The number of hydrogen-bond donors (Lipinski definition) is 1. The first-order valence-corrected chi connectivity index (χ1v) is 5.76. The molecule has 96 valence electrons. The molecule has 0 aliphatic carbocycles. The zero-order chi connectivity index (χ0) is 13.1. The van der Waals surface area contributed by atoms with Crippen molar-refractivity contribution >= 4 is 29.0 Å². The third-order valence-electron chi connectivity index (χ3n) is 2.10. The van der Waals surface area contributed by atoms with Crippen molar-refractivity contribution in [1.82, 2.24) is 4.98 Å². The van der Waals surface area contributed by atoms with Crippen molar-refractivity contribution in [1.29, 1.82) is 0 Å². The molecule has 0 bridgehead atoms. The van der Waals surface area contributed by atoms with E-state index in [4.69, 9.17) is 23.2 Å². The molecule has 0 spiro atoms. The molecule has 0 fully saturated rings. The van der Waals surface area contributed by atoms with E-state index in [1.807, 2.05) is 6.92 Å². The third-order valence-corrected chi connectivity index (χ3v) is 2.85. The third kappa shape index (κ3) is 4.24. The van der Waals surface area contributed by atoms with Crippen LogP contribution in [0, 0.1) is 0 Å². The molecule has 0 aromatic carbocycles. The molecule has 7 heteroatoms. The minimum Gasteiger partial charge on any atom is -0.367 e. The van der Waals surface area contributed by atoms with Crippen LogP contribution in [0.25, 0.3) is 0 Å². The highest BCUT2D eigenvalue weighted by Crippen LogP contribution is 2.32. The van der Waals surface area contributed by atoms with Crippen LogP contribution in [-0.2, 0) is 6.18 Å². The molecule has 1 unspecified atom stereocenters. The van der Waals surface area contributed by atoms with E-state index in [0.29, 0.717) is 6.54 Å². The van der Waals surface area contributed by atoms with Gasteiger partial charge in [-0.1, -0.05) is 18.5 Å². The number of nitrogens with zero attached hydrogens (tertiary/aromatic N) is 1. The first kappa shape index (κ1) is 14.4. The summed E-state index contributed by atoms with van der Waals surface area (Å²) in [7, 11) is 0. The predicted molar refractivity (Wildman–Crippen MR) is 62.7 cm³/mol. The Labute approximate surface area is 107 Å². The number of rotatable bonds is 4. The smallest absolute Gasteiger partial charge is 0.367 e. The van der Waals surface area contributed by atoms with Gasteiger partial charge in [0, 0.05) is 12.7 Å². The van der Waals surface area contributed by atoms with Crippen molar-refractivity contribution < 1.29 is 13.2 Å². The maximum absolute atomic E-state index is 12.3. The summed E-state index contributed by atoms with van der Waals surface area (Å²) in [4.78, 5) is 3.63. The Bertz CT molecular complexity index is 382. The highest BCUT2D eigenvalue weighted by atomic mass is 35.5. The van der Waals surface area contributed by atoms with Crippen LogP contribution in [0.4, 0.5) is 19.0 Å². The molecule has 1 heterocycles. The molecule has 0 aliphatic rings. The van der Waals surface area contributed by atoms with Gasteiger partial charge >= 0.3 is 6.18 Å². The topological polar surface area (TPSA) is 24.9 Å². The van der Waals surface area contributed by atoms with Gasteiger partial charge < -0.3 is 5.32 Å². The van der Waals surface area contributed by atoms with Crippen LogP contribution < -0.4 is 5.32 Å². The molecule has 1 aromatic heterocycles. The Hall–Kier alpha value is -0.680. The minimum absolute atomic E-state index is 0.0696. The van der Waals surface area contributed by atoms with Gasteiger partial charge in [0.05, 0.1) is 16.0 Å². The van der Waals surface area contributed by atoms with Crippen molar-refractivity contribution in [3.63, 3.8) is 0 Å². The molecule has 0 aliphatic heterocycles. The molecule has 2 nitrogen and oxygen atoms in total. The Kier molecular flexibility index (Phi) is 4.89. The summed E-state index contributed by atoms with van der Waals surface area (Å²) in [5.41, 5.74) is -0.869. The van der Waals surface area contributed by atoms with E-state index in [9.17, 15) is 13.2 Å². The molecule has 1 rings (SSSR count). The quantitative estimate of drug-likeness (QED) is 0.840. The Morgan fingerprint density at radius 1 is 1.47 bits per heavy atom. The second-order valence-electron chi connectivity index (χ2n) is 3.44. The summed E-state index contributed by atoms with van der Waals surface area (Å²) >= 11 is 11.6. The van der Waals surface area contributed by atoms with Crippen LogP contribution in [0.2, 0.25) is 5.02 Å². The van der Waals surface area contributed by atoms with E-state index in [1.165, 1.54) is 0 Å². The molecule has 1 N–H and O–H groups in total. The van der Waals surface area contributed by atoms with E-state index in [-0.39, 0.29) is 16.2 Å². The largest absolute Gasteiger partial charge is 0.417 e. The van der Waals surface area contributed by atoms with Gasteiger partial charge in [0.15, 0.2) is 0 Å². The zero-order valence-corrected chi connectivity index (χ0v) is 10.5. The normalized spacial score (nSPS) is 13.5. The highest BCUT2D eigenvalue weighted by molar-refractivity contribution is 6.33. The molecule has 1 atom stereocenters. The lowest BCUT2D eigenvalue weighted by Gasteiger charge is -2.12. The average molecular weight is 287 g/mol. The maximum Gasteiger partial charge on any atom is 0.417 e. The SMILES string of the molecule is CCC(Cl)CNc1ncc(C(F)(F)F)cc1Cl. The summed E-state index contributed by atoms with van der Waals surface area (Å²) in [6.45, 7) is 2.30. The van der Waals surface area contributed by atoms with Gasteiger partial charge in [0.2, 0.25) is 0 Å². The van der Waals surface area contributed by atoms with Crippen molar-refractivity contribution in [2.75, 3.05) is 11.9 Å². The summed E-state index contributed by atoms with van der Waals surface area (Å²) < 4.78 is 37.0. The van der Waals surface area contributed by atoms with Gasteiger partial charge in [-0.15, -0.1) is 11.6 Å². The van der Waals surface area contributed by atoms with Crippen LogP contribution in [0.15, 0.2) is 12.3 Å². The van der Waals surface area contributed by atoms with Crippen LogP contribution in [-0.4, -0.2) is 16.9 Å². The molecular formula is C10H11Cl2F3N2. The second-order valence-corrected chi connectivity index (χ2v) is 4.46. The molecule has 17 heavy (non-hydrogen) atoms. The molecule has 0 saturated heterocycles. The van der Waals surface area contributed by atoms with E-state index in [2.05, 4.69) is 10.3 Å². The van der Waals surface area contributed by atoms with Gasteiger partial charge in [-0.3, -0.25) is 0 Å². The standard InChI is InChI=1S/C10H11Cl2F3N2/c1-2-7(11)5-17-9-8(12)3-6(4-16-9)10(13,14)15/h3-4,7H,2,5H2,1H3,(H,16,17). The number of halogens is 5. The van der Waals surface area contributed by atoms with Gasteiger partial charge in [-0.25, -0.2) is 4.98 Å². The molecule has 1 aromatic rings. The van der Waals surface area contributed by atoms with Crippen LogP contribution in [0.5, 0.6) is 0 Å². The Balaban J connectivity index is 2.77. The number of alkyl halides is 4. The van der Waals surface area contributed by atoms with Gasteiger partial charge in [0.1, 0.15) is 5.82 Å². The molecular weight excluding hydrogens is 276 g/mol. The van der Waals surface area contributed by atoms with Crippen molar-refractivity contribution in [3.8, 4) is 0 Å². The Morgan fingerprint density at radius 2 is 2.12 bits per heavy atom. The van der Waals surface area contributed by atoms with E-state index in [1.54, 1.807) is 0 Å². The fourth-order valence-corrected chi connectivity index (χ4v) is 1.39. The van der Waals surface area contributed by atoms with E-state index < -0.39 is 11.7 Å². The van der Waals surface area contributed by atoms with E-state index >= 15 is 0 Å². The maximum atomic E-state index is 12.3. The highest BCUT2D eigenvalue weighted by Gasteiger charge is 2.31. The van der Waals surface area contributed by atoms with E-state index in [0.717, 1.165) is 18.7 Å². The molecule has 0 radical (unpaired) electrons. The van der Waals surface area contributed by atoms with Gasteiger partial charge in [-0.05, 0) is 12.5 Å². The minimum atomic E-state index is -4.44. The van der Waals surface area contributed by atoms with Crippen molar-refractivity contribution in [2.24, 2.45) is 0 Å². The van der Waals surface area contributed by atoms with Gasteiger partial charge in [0.25, 0.3) is 0 Å². The number of pyridine rings is 1. The summed E-state index contributed by atoms with van der Waals surface area (Å²) in [6.07, 6.45) is -2.95. The second kappa shape index (κ2) is 5.78. The predicted octanol–water partition coefficient (Wildman–Crippen LogP) is 4.18. The lowest BCUT2D eigenvalue weighted by atomic mass is 10.2. The fraction of sp³-hybridized carbons (Fsp3) is 0.500. The number of nitrogens with one attached hydrogen (secondary N) is 1. The lowest BCUT2D eigenvalue weighted by Crippen LogP contribution is -2.15. The first-order chi connectivity index (χ1) is 7.84. The summed E-state index contributed by atoms with van der Waals surface area (Å²) in [5.74, 6) is 0.207. The van der Waals surface area contributed by atoms with Crippen molar-refractivity contribution in [2.45, 2.75) is 24.9 Å². The van der Waals surface area contributed by atoms with Crippen LogP contribution >= 0.6 is 23.2 Å². The number of anilines is 1. The average Bonchev–Trinajstić information content (AvgIpc) is 2.25. The summed E-state index contributed by atoms with van der Waals surface area (Å²) in [5, 5.41) is 2.61. The van der Waals surface area contributed by atoms with Gasteiger partial charge in [-0.2, -0.15) is 13.2 Å². The van der Waals surface area contributed by atoms with Crippen LogP contribution in [0.1, 0.15) is 18.9 Å². The van der Waals surface area contributed by atoms with Crippen LogP contribution in [0.3, 0.4) is 0 Å². The fourth-order valence-electron chi connectivity index (χ4n) is 1.07. The lowest BCUT2D eigenvalue weighted by molar-refractivity contribution is -0.137.